The first-order valence-corrected chi connectivity index (χ1v) is 7.12. The first kappa shape index (κ1) is 15.3. The van der Waals surface area contributed by atoms with Crippen LogP contribution < -0.4 is 10.6 Å². The van der Waals surface area contributed by atoms with Crippen LogP contribution in [0.2, 0.25) is 0 Å². The number of hydrogen-bond acceptors (Lipinski definition) is 4. The van der Waals surface area contributed by atoms with Crippen molar-refractivity contribution >= 4 is 12.0 Å². The fourth-order valence-electron chi connectivity index (χ4n) is 2.36. The molecule has 2 amide bonds. The molecule has 0 radical (unpaired) electrons. The van der Waals surface area contributed by atoms with Gasteiger partial charge in [-0.2, -0.15) is 0 Å². The summed E-state index contributed by atoms with van der Waals surface area (Å²) in [5, 5.41) is 14.3. The van der Waals surface area contributed by atoms with Crippen LogP contribution in [0.15, 0.2) is 12.5 Å². The molecule has 1 aromatic rings. The van der Waals surface area contributed by atoms with Gasteiger partial charge in [0.15, 0.2) is 0 Å². The van der Waals surface area contributed by atoms with Crippen molar-refractivity contribution in [3.8, 4) is 0 Å². The number of nitrogens with one attached hydrogen (secondary N) is 3. The molecule has 1 atom stereocenters. The van der Waals surface area contributed by atoms with Crippen molar-refractivity contribution in [2.75, 3.05) is 26.2 Å². The van der Waals surface area contributed by atoms with Crippen LogP contribution >= 0.6 is 0 Å². The molecule has 1 aliphatic heterocycles. The summed E-state index contributed by atoms with van der Waals surface area (Å²) in [4.78, 5) is 31.8. The summed E-state index contributed by atoms with van der Waals surface area (Å²) < 4.78 is 0. The van der Waals surface area contributed by atoms with E-state index >= 15 is 0 Å². The van der Waals surface area contributed by atoms with Crippen LogP contribution in [0.1, 0.15) is 18.5 Å². The first-order valence-electron chi connectivity index (χ1n) is 7.12. The highest BCUT2D eigenvalue weighted by Gasteiger charge is 2.21. The summed E-state index contributed by atoms with van der Waals surface area (Å²) in [5.74, 6) is -1.07. The van der Waals surface area contributed by atoms with Gasteiger partial charge in [0.05, 0.1) is 6.33 Å². The lowest BCUT2D eigenvalue weighted by Gasteiger charge is -2.17. The van der Waals surface area contributed by atoms with Crippen molar-refractivity contribution in [1.29, 1.82) is 0 Å². The number of urea groups is 1. The van der Waals surface area contributed by atoms with E-state index in [0.29, 0.717) is 12.2 Å². The molecule has 0 aromatic carbocycles. The molecule has 1 aromatic heterocycles. The summed E-state index contributed by atoms with van der Waals surface area (Å²) in [6.45, 7) is 3.45. The molecule has 116 valence electrons. The molecule has 2 rings (SSSR count). The summed E-state index contributed by atoms with van der Waals surface area (Å²) in [6.07, 6.45) is 5.61. The highest BCUT2D eigenvalue weighted by Crippen LogP contribution is 2.05. The summed E-state index contributed by atoms with van der Waals surface area (Å²) in [7, 11) is 0. The number of nitrogens with zero attached hydrogens (tertiary/aromatic N) is 2. The van der Waals surface area contributed by atoms with Crippen LogP contribution in [0, 0.1) is 0 Å². The molecule has 1 fully saturated rings. The van der Waals surface area contributed by atoms with Crippen molar-refractivity contribution in [2.24, 2.45) is 0 Å². The standard InChI is InChI=1S/C13H21N5O3/c19-12(20)11(7-10-8-14-9-16-10)17-13(21)15-3-6-18-4-1-2-5-18/h8-9,11H,1-7H2,(H,14,16)(H,19,20)(H2,15,17,21)/t11-/m1/s1. The van der Waals surface area contributed by atoms with E-state index in [1.54, 1.807) is 6.20 Å². The maximum absolute atomic E-state index is 11.7. The van der Waals surface area contributed by atoms with Gasteiger partial charge in [-0.1, -0.05) is 0 Å². The third-order valence-corrected chi connectivity index (χ3v) is 3.49. The predicted molar refractivity (Wildman–Crippen MR) is 75.9 cm³/mol. The van der Waals surface area contributed by atoms with Gasteiger partial charge in [0.2, 0.25) is 0 Å². The first-order chi connectivity index (χ1) is 10.1. The van der Waals surface area contributed by atoms with Crippen molar-refractivity contribution < 1.29 is 14.7 Å². The monoisotopic (exact) mass is 295 g/mol. The number of aromatic amines is 1. The number of aromatic nitrogens is 2. The summed E-state index contributed by atoms with van der Waals surface area (Å²) in [6, 6.07) is -1.43. The Morgan fingerprint density at radius 3 is 2.81 bits per heavy atom. The molecule has 8 heteroatoms. The largest absolute Gasteiger partial charge is 0.480 e. The van der Waals surface area contributed by atoms with Gasteiger partial charge in [0.1, 0.15) is 6.04 Å². The number of carbonyl (C=O) groups is 2. The molecule has 2 heterocycles. The number of aliphatic carboxylic acids is 1. The van der Waals surface area contributed by atoms with Crippen LogP contribution in [0.5, 0.6) is 0 Å². The number of carboxylic acids is 1. The Morgan fingerprint density at radius 1 is 1.43 bits per heavy atom. The average Bonchev–Trinajstić information content (AvgIpc) is 3.10. The highest BCUT2D eigenvalue weighted by molar-refractivity contribution is 5.82. The quantitative estimate of drug-likeness (QED) is 0.557. The molecule has 0 spiro atoms. The molecule has 0 unspecified atom stereocenters. The van der Waals surface area contributed by atoms with Gasteiger partial charge >= 0.3 is 12.0 Å². The van der Waals surface area contributed by atoms with Crippen molar-refractivity contribution in [2.45, 2.75) is 25.3 Å². The number of carbonyl (C=O) groups excluding carboxylic acids is 1. The number of rotatable bonds is 7. The topological polar surface area (TPSA) is 110 Å². The lowest BCUT2D eigenvalue weighted by molar-refractivity contribution is -0.139. The number of hydrogen-bond donors (Lipinski definition) is 4. The number of likely N-dealkylation sites (tertiary alicyclic amines) is 1. The fourth-order valence-corrected chi connectivity index (χ4v) is 2.36. The molecule has 4 N–H and O–H groups in total. The Hall–Kier alpha value is -2.09. The number of carboxylic acid groups (broad SMARTS) is 1. The smallest absolute Gasteiger partial charge is 0.326 e. The molecule has 1 saturated heterocycles. The SMILES string of the molecule is O=C(NCCN1CCCC1)N[C@H](Cc1cnc[nH]1)C(=O)O. The minimum atomic E-state index is -1.07. The molecule has 0 saturated carbocycles. The Kier molecular flexibility index (Phi) is 5.56. The third-order valence-electron chi connectivity index (χ3n) is 3.49. The molecule has 21 heavy (non-hydrogen) atoms. The van der Waals surface area contributed by atoms with E-state index in [2.05, 4.69) is 25.5 Å². The van der Waals surface area contributed by atoms with E-state index in [1.807, 2.05) is 0 Å². The van der Waals surface area contributed by atoms with Crippen LogP contribution in [0.3, 0.4) is 0 Å². The van der Waals surface area contributed by atoms with Gasteiger partial charge in [-0.3, -0.25) is 0 Å². The normalized spacial score (nSPS) is 16.6. The van der Waals surface area contributed by atoms with Crippen LogP contribution in [-0.4, -0.2) is 64.2 Å². The van der Waals surface area contributed by atoms with Gasteiger partial charge in [0.25, 0.3) is 0 Å². The van der Waals surface area contributed by atoms with E-state index < -0.39 is 18.0 Å². The molecule has 1 aliphatic rings. The van der Waals surface area contributed by atoms with E-state index in [-0.39, 0.29) is 6.42 Å². The van der Waals surface area contributed by atoms with Crippen LogP contribution in [0.4, 0.5) is 4.79 Å². The molecule has 0 aliphatic carbocycles. The maximum Gasteiger partial charge on any atom is 0.326 e. The van der Waals surface area contributed by atoms with Crippen LogP contribution in [-0.2, 0) is 11.2 Å². The molecular weight excluding hydrogens is 274 g/mol. The molecule has 0 bridgehead atoms. The van der Waals surface area contributed by atoms with Gasteiger partial charge in [-0.25, -0.2) is 14.6 Å². The zero-order chi connectivity index (χ0) is 15.1. The van der Waals surface area contributed by atoms with E-state index in [9.17, 15) is 9.59 Å². The summed E-state index contributed by atoms with van der Waals surface area (Å²) >= 11 is 0. The van der Waals surface area contributed by atoms with Gasteiger partial charge in [0, 0.05) is 31.4 Å². The van der Waals surface area contributed by atoms with Crippen molar-refractivity contribution in [3.05, 3.63) is 18.2 Å². The predicted octanol–water partition coefficient (Wildman–Crippen LogP) is -0.200. The second-order valence-electron chi connectivity index (χ2n) is 5.12. The fraction of sp³-hybridized carbons (Fsp3) is 0.615. The van der Waals surface area contributed by atoms with E-state index in [4.69, 9.17) is 5.11 Å². The zero-order valence-electron chi connectivity index (χ0n) is 11.8. The van der Waals surface area contributed by atoms with Gasteiger partial charge in [-0.05, 0) is 25.9 Å². The van der Waals surface area contributed by atoms with Crippen molar-refractivity contribution in [1.82, 2.24) is 25.5 Å². The van der Waals surface area contributed by atoms with Gasteiger partial charge in [-0.15, -0.1) is 0 Å². The maximum atomic E-state index is 11.7. The Balaban J connectivity index is 1.71. The zero-order valence-corrected chi connectivity index (χ0v) is 11.8. The highest BCUT2D eigenvalue weighted by atomic mass is 16.4. The number of H-pyrrole nitrogens is 1. The molecular formula is C13H21N5O3. The van der Waals surface area contributed by atoms with Gasteiger partial charge < -0.3 is 25.6 Å². The van der Waals surface area contributed by atoms with Crippen LogP contribution in [0.25, 0.3) is 0 Å². The lowest BCUT2D eigenvalue weighted by atomic mass is 10.2. The minimum Gasteiger partial charge on any atom is -0.480 e. The number of imidazole rings is 1. The number of amides is 2. The van der Waals surface area contributed by atoms with E-state index in [0.717, 1.165) is 19.6 Å². The Bertz CT molecular complexity index is 456. The average molecular weight is 295 g/mol. The van der Waals surface area contributed by atoms with E-state index in [1.165, 1.54) is 19.2 Å². The third kappa shape index (κ3) is 5.07. The van der Waals surface area contributed by atoms with Crippen molar-refractivity contribution in [3.63, 3.8) is 0 Å². The molecule has 8 nitrogen and oxygen atoms in total. The minimum absolute atomic E-state index is 0.175. The second kappa shape index (κ2) is 7.63. The lowest BCUT2D eigenvalue weighted by Crippen LogP contribution is -2.48. The summed E-state index contributed by atoms with van der Waals surface area (Å²) in [5.41, 5.74) is 0.666. The Labute approximate surface area is 122 Å². The second-order valence-corrected chi connectivity index (χ2v) is 5.12. The Morgan fingerprint density at radius 2 is 2.19 bits per heavy atom.